The molecule has 0 saturated heterocycles. The number of ether oxygens (including phenoxy) is 1. The first-order chi connectivity index (χ1) is 12.6. The predicted octanol–water partition coefficient (Wildman–Crippen LogP) is 5.86. The Bertz CT molecular complexity index is 823. The number of carbonyl (C=O) groups excluding carboxylic acids is 2. The maximum Gasteiger partial charge on any atom is 0.341 e. The number of benzene rings is 1. The highest BCUT2D eigenvalue weighted by atomic mass is 32.1. The van der Waals surface area contributed by atoms with Gasteiger partial charge in [0.15, 0.2) is 0 Å². The third kappa shape index (κ3) is 5.63. The van der Waals surface area contributed by atoms with Gasteiger partial charge in [0.1, 0.15) is 10.8 Å². The van der Waals surface area contributed by atoms with Crippen molar-refractivity contribution < 1.29 is 18.7 Å². The van der Waals surface area contributed by atoms with Gasteiger partial charge in [0.25, 0.3) is 5.91 Å². The molecule has 0 fully saturated rings. The van der Waals surface area contributed by atoms with Crippen LogP contribution in [0, 0.1) is 11.2 Å². The van der Waals surface area contributed by atoms with Crippen molar-refractivity contribution in [1.82, 2.24) is 0 Å². The molecular weight excluding hydrogens is 365 g/mol. The van der Waals surface area contributed by atoms with Crippen molar-refractivity contribution in [3.63, 3.8) is 0 Å². The zero-order chi connectivity index (χ0) is 20.2. The molecule has 6 heteroatoms. The van der Waals surface area contributed by atoms with E-state index in [1.807, 2.05) is 0 Å². The highest BCUT2D eigenvalue weighted by molar-refractivity contribution is 7.16. The average Bonchev–Trinajstić information content (AvgIpc) is 2.98. The normalized spacial score (nSPS) is 12.5. The fourth-order valence-electron chi connectivity index (χ4n) is 2.94. The van der Waals surface area contributed by atoms with E-state index in [1.165, 1.54) is 29.5 Å². The quantitative estimate of drug-likeness (QED) is 0.628. The summed E-state index contributed by atoms with van der Waals surface area (Å²) in [5.41, 5.74) is 0.372. The summed E-state index contributed by atoms with van der Waals surface area (Å²) in [7, 11) is 0. The van der Waals surface area contributed by atoms with E-state index < -0.39 is 17.7 Å². The van der Waals surface area contributed by atoms with Crippen molar-refractivity contribution >= 4 is 28.2 Å². The summed E-state index contributed by atoms with van der Waals surface area (Å²) in [6.07, 6.45) is 0.927. The molecule has 0 bridgehead atoms. The average molecular weight is 392 g/mol. The number of nitrogens with one attached hydrogen (secondary N) is 1. The minimum atomic E-state index is -0.606. The van der Waals surface area contributed by atoms with Gasteiger partial charge >= 0.3 is 5.97 Å². The molecule has 146 valence electrons. The second-order valence-corrected chi connectivity index (χ2v) is 8.80. The number of halogens is 1. The summed E-state index contributed by atoms with van der Waals surface area (Å²) in [6.45, 7) is 10.5. The van der Waals surface area contributed by atoms with Gasteiger partial charge in [-0.3, -0.25) is 4.79 Å². The van der Waals surface area contributed by atoms with Gasteiger partial charge in [0.2, 0.25) is 0 Å². The van der Waals surface area contributed by atoms with Gasteiger partial charge in [-0.25, -0.2) is 9.18 Å². The first kappa shape index (κ1) is 21.1. The summed E-state index contributed by atoms with van der Waals surface area (Å²) in [5, 5.41) is 3.07. The molecule has 0 radical (unpaired) electrons. The molecular formula is C21H26FNO3S. The molecule has 2 aromatic rings. The summed E-state index contributed by atoms with van der Waals surface area (Å²) >= 11 is 1.34. The Morgan fingerprint density at radius 2 is 1.89 bits per heavy atom. The van der Waals surface area contributed by atoms with E-state index in [9.17, 15) is 14.0 Å². The minimum absolute atomic E-state index is 0.0648. The maximum absolute atomic E-state index is 13.9. The fourth-order valence-corrected chi connectivity index (χ4v) is 4.03. The molecule has 0 aliphatic rings. The lowest BCUT2D eigenvalue weighted by Gasteiger charge is -2.22. The maximum atomic E-state index is 13.9. The molecule has 1 atom stereocenters. The molecule has 27 heavy (non-hydrogen) atoms. The molecule has 1 aromatic heterocycles. The number of anilines is 1. The number of esters is 1. The Morgan fingerprint density at radius 3 is 2.48 bits per heavy atom. The lowest BCUT2D eigenvalue weighted by molar-refractivity contribution is 0.0528. The van der Waals surface area contributed by atoms with Crippen molar-refractivity contribution in [2.45, 2.75) is 47.0 Å². The molecule has 0 unspecified atom stereocenters. The van der Waals surface area contributed by atoms with Gasteiger partial charge in [0, 0.05) is 4.88 Å². The van der Waals surface area contributed by atoms with E-state index in [0.717, 1.165) is 11.3 Å². The van der Waals surface area contributed by atoms with Crippen LogP contribution >= 0.6 is 11.3 Å². The number of hydrogen-bond acceptors (Lipinski definition) is 4. The van der Waals surface area contributed by atoms with Crippen molar-refractivity contribution in [3.05, 3.63) is 52.2 Å². The van der Waals surface area contributed by atoms with Crippen LogP contribution in [0.5, 0.6) is 0 Å². The van der Waals surface area contributed by atoms with E-state index >= 15 is 0 Å². The Labute approximate surface area is 163 Å². The topological polar surface area (TPSA) is 55.4 Å². The van der Waals surface area contributed by atoms with Crippen LogP contribution in [0.2, 0.25) is 0 Å². The minimum Gasteiger partial charge on any atom is -0.462 e. The van der Waals surface area contributed by atoms with Gasteiger partial charge in [-0.15, -0.1) is 11.3 Å². The Morgan fingerprint density at radius 1 is 1.22 bits per heavy atom. The second kappa shape index (κ2) is 8.65. The summed E-state index contributed by atoms with van der Waals surface area (Å²) < 4.78 is 19.0. The molecule has 2 rings (SSSR count). The van der Waals surface area contributed by atoms with Crippen molar-refractivity contribution in [3.8, 4) is 0 Å². The molecule has 0 spiro atoms. The molecule has 4 nitrogen and oxygen atoms in total. The van der Waals surface area contributed by atoms with Crippen LogP contribution in [0.1, 0.15) is 72.6 Å². The summed E-state index contributed by atoms with van der Waals surface area (Å²) in [5.74, 6) is -1.48. The first-order valence-corrected chi connectivity index (χ1v) is 9.80. The van der Waals surface area contributed by atoms with Crippen molar-refractivity contribution in [2.24, 2.45) is 5.41 Å². The Kier molecular flexibility index (Phi) is 6.76. The highest BCUT2D eigenvalue weighted by Crippen LogP contribution is 2.38. The molecule has 0 aliphatic carbocycles. The SMILES string of the molecule is CCOC(=O)c1cc([C@@H](C)CC(C)(C)C)sc1NC(=O)c1ccccc1F. The fraction of sp³-hybridized carbons (Fsp3) is 0.429. The predicted molar refractivity (Wildman–Crippen MR) is 107 cm³/mol. The zero-order valence-corrected chi connectivity index (χ0v) is 17.2. The lowest BCUT2D eigenvalue weighted by Crippen LogP contribution is -2.15. The standard InChI is InChI=1S/C21H26FNO3S/c1-6-26-20(25)15-11-17(13(2)12-21(3,4)5)27-19(15)23-18(24)14-9-7-8-10-16(14)22/h7-11,13H,6,12H2,1-5H3,(H,23,24)/t13-/m0/s1. The second-order valence-electron chi connectivity index (χ2n) is 7.71. The van der Waals surface area contributed by atoms with Crippen LogP contribution in [0.4, 0.5) is 9.39 Å². The Balaban J connectivity index is 2.34. The van der Waals surface area contributed by atoms with Crippen molar-refractivity contribution in [1.29, 1.82) is 0 Å². The molecule has 1 N–H and O–H groups in total. The zero-order valence-electron chi connectivity index (χ0n) is 16.4. The van der Waals surface area contributed by atoms with E-state index in [4.69, 9.17) is 4.74 Å². The molecule has 1 amide bonds. The van der Waals surface area contributed by atoms with E-state index in [-0.39, 0.29) is 23.5 Å². The highest BCUT2D eigenvalue weighted by Gasteiger charge is 2.24. The van der Waals surface area contributed by atoms with Gasteiger partial charge in [0.05, 0.1) is 17.7 Å². The van der Waals surface area contributed by atoms with Gasteiger partial charge in [-0.05, 0) is 42.9 Å². The van der Waals surface area contributed by atoms with Gasteiger partial charge in [-0.2, -0.15) is 0 Å². The summed E-state index contributed by atoms with van der Waals surface area (Å²) in [6, 6.07) is 7.52. The number of carbonyl (C=O) groups is 2. The molecule has 1 heterocycles. The number of thiophene rings is 1. The van der Waals surface area contributed by atoms with Crippen LogP contribution in [0.25, 0.3) is 0 Å². The van der Waals surface area contributed by atoms with E-state index in [2.05, 4.69) is 33.0 Å². The number of amides is 1. The first-order valence-electron chi connectivity index (χ1n) is 8.99. The van der Waals surface area contributed by atoms with Crippen LogP contribution in [-0.2, 0) is 4.74 Å². The third-order valence-corrected chi connectivity index (χ3v) is 5.28. The van der Waals surface area contributed by atoms with Crippen LogP contribution in [0.15, 0.2) is 30.3 Å². The smallest absolute Gasteiger partial charge is 0.341 e. The van der Waals surface area contributed by atoms with Crippen LogP contribution < -0.4 is 5.32 Å². The number of hydrogen-bond donors (Lipinski definition) is 1. The summed E-state index contributed by atoms with van der Waals surface area (Å²) in [4.78, 5) is 25.8. The third-order valence-electron chi connectivity index (χ3n) is 4.00. The van der Waals surface area contributed by atoms with Crippen LogP contribution in [0.3, 0.4) is 0 Å². The molecule has 0 aliphatic heterocycles. The monoisotopic (exact) mass is 391 g/mol. The van der Waals surface area contributed by atoms with E-state index in [0.29, 0.717) is 10.6 Å². The number of rotatable bonds is 6. The Hall–Kier alpha value is -2.21. The molecule has 1 aromatic carbocycles. The largest absolute Gasteiger partial charge is 0.462 e. The lowest BCUT2D eigenvalue weighted by atomic mass is 9.85. The van der Waals surface area contributed by atoms with Gasteiger partial charge in [-0.1, -0.05) is 39.8 Å². The van der Waals surface area contributed by atoms with E-state index in [1.54, 1.807) is 19.1 Å². The molecule has 0 saturated carbocycles. The van der Waals surface area contributed by atoms with Crippen LogP contribution in [-0.4, -0.2) is 18.5 Å². The van der Waals surface area contributed by atoms with Gasteiger partial charge < -0.3 is 10.1 Å². The van der Waals surface area contributed by atoms with Crippen molar-refractivity contribution in [2.75, 3.05) is 11.9 Å².